The molecule has 0 saturated carbocycles. The van der Waals surface area contributed by atoms with E-state index in [4.69, 9.17) is 39.5 Å². The van der Waals surface area contributed by atoms with Crippen molar-refractivity contribution in [3.05, 3.63) is 63.1 Å². The number of anilines is 1. The van der Waals surface area contributed by atoms with Gasteiger partial charge in [0.25, 0.3) is 5.91 Å². The molecule has 1 aliphatic rings. The maximum absolute atomic E-state index is 12.3. The summed E-state index contributed by atoms with van der Waals surface area (Å²) in [5, 5.41) is 1.29. The quantitative estimate of drug-likeness (QED) is 0.688. The van der Waals surface area contributed by atoms with Crippen LogP contribution in [-0.4, -0.2) is 49.6 Å². The van der Waals surface area contributed by atoms with Gasteiger partial charge in [0.15, 0.2) is 6.61 Å². The first-order valence-corrected chi connectivity index (χ1v) is 9.48. The molecular weight excluding hydrogens is 411 g/mol. The first-order chi connectivity index (χ1) is 12.9. The summed E-state index contributed by atoms with van der Waals surface area (Å²) in [6.07, 6.45) is 0. The van der Waals surface area contributed by atoms with Crippen LogP contribution < -0.4 is 4.90 Å². The Morgan fingerprint density at radius 3 is 2.33 bits per heavy atom. The standard InChI is InChI=1S/C19H17Cl3N2O3/c20-14-2-1-3-15(11-14)23-6-8-24(9-7-23)18(25)12-27-19(26)13-4-5-16(21)17(22)10-13/h1-5,10-11H,6-9,12H2. The highest BCUT2D eigenvalue weighted by atomic mass is 35.5. The molecule has 0 unspecified atom stereocenters. The number of rotatable bonds is 4. The van der Waals surface area contributed by atoms with Crippen molar-refractivity contribution in [2.75, 3.05) is 37.7 Å². The number of esters is 1. The minimum absolute atomic E-state index is 0.228. The fraction of sp³-hybridized carbons (Fsp3) is 0.263. The van der Waals surface area contributed by atoms with Crippen LogP contribution in [0.4, 0.5) is 5.69 Å². The van der Waals surface area contributed by atoms with Crippen molar-refractivity contribution in [2.45, 2.75) is 0 Å². The lowest BCUT2D eigenvalue weighted by Crippen LogP contribution is -2.49. The van der Waals surface area contributed by atoms with Gasteiger partial charge in [0.05, 0.1) is 15.6 Å². The van der Waals surface area contributed by atoms with E-state index in [2.05, 4.69) is 4.90 Å². The molecule has 1 heterocycles. The molecule has 1 saturated heterocycles. The third kappa shape index (κ3) is 5.06. The van der Waals surface area contributed by atoms with E-state index in [0.29, 0.717) is 36.2 Å². The van der Waals surface area contributed by atoms with Crippen molar-refractivity contribution < 1.29 is 14.3 Å². The van der Waals surface area contributed by atoms with Crippen LogP contribution in [0.1, 0.15) is 10.4 Å². The van der Waals surface area contributed by atoms with E-state index < -0.39 is 5.97 Å². The summed E-state index contributed by atoms with van der Waals surface area (Å²) >= 11 is 17.7. The van der Waals surface area contributed by atoms with Crippen molar-refractivity contribution in [3.63, 3.8) is 0 Å². The molecule has 0 atom stereocenters. The number of benzene rings is 2. The van der Waals surface area contributed by atoms with Gasteiger partial charge in [-0.15, -0.1) is 0 Å². The molecule has 142 valence electrons. The molecule has 0 bridgehead atoms. The summed E-state index contributed by atoms with van der Waals surface area (Å²) in [6, 6.07) is 12.0. The zero-order valence-electron chi connectivity index (χ0n) is 14.3. The van der Waals surface area contributed by atoms with E-state index in [-0.39, 0.29) is 23.1 Å². The molecule has 8 heteroatoms. The Morgan fingerprint density at radius 2 is 1.67 bits per heavy atom. The summed E-state index contributed by atoms with van der Waals surface area (Å²) in [4.78, 5) is 28.2. The summed E-state index contributed by atoms with van der Waals surface area (Å²) in [5.41, 5.74) is 1.28. The highest BCUT2D eigenvalue weighted by Gasteiger charge is 2.22. The van der Waals surface area contributed by atoms with Crippen LogP contribution in [0.5, 0.6) is 0 Å². The lowest BCUT2D eigenvalue weighted by molar-refractivity contribution is -0.134. The summed E-state index contributed by atoms with van der Waals surface area (Å²) in [6.45, 7) is 2.17. The van der Waals surface area contributed by atoms with Gasteiger partial charge in [-0.3, -0.25) is 4.79 Å². The van der Waals surface area contributed by atoms with Gasteiger partial charge in [0, 0.05) is 36.9 Å². The Labute approximate surface area is 172 Å². The number of amides is 1. The van der Waals surface area contributed by atoms with Crippen molar-refractivity contribution in [1.29, 1.82) is 0 Å². The fourth-order valence-corrected chi connectivity index (χ4v) is 3.29. The molecule has 2 aromatic carbocycles. The number of nitrogens with zero attached hydrogens (tertiary/aromatic N) is 2. The third-order valence-corrected chi connectivity index (χ3v) is 5.26. The van der Waals surface area contributed by atoms with Crippen molar-refractivity contribution in [3.8, 4) is 0 Å². The second kappa shape index (κ2) is 8.83. The molecule has 1 aliphatic heterocycles. The Morgan fingerprint density at radius 1 is 0.926 bits per heavy atom. The molecular formula is C19H17Cl3N2O3. The molecule has 5 nitrogen and oxygen atoms in total. The van der Waals surface area contributed by atoms with Crippen LogP contribution in [0.15, 0.2) is 42.5 Å². The summed E-state index contributed by atoms with van der Waals surface area (Å²) in [7, 11) is 0. The largest absolute Gasteiger partial charge is 0.452 e. The Hall–Kier alpha value is -1.95. The minimum atomic E-state index is -0.612. The first-order valence-electron chi connectivity index (χ1n) is 8.34. The molecule has 0 N–H and O–H groups in total. The molecule has 2 aromatic rings. The lowest BCUT2D eigenvalue weighted by Gasteiger charge is -2.36. The van der Waals surface area contributed by atoms with Crippen LogP contribution in [0.2, 0.25) is 15.1 Å². The molecule has 0 aromatic heterocycles. The predicted octanol–water partition coefficient (Wildman–Crippen LogP) is 4.15. The lowest BCUT2D eigenvalue weighted by atomic mass is 10.2. The van der Waals surface area contributed by atoms with Crippen molar-refractivity contribution in [2.24, 2.45) is 0 Å². The number of hydrogen-bond donors (Lipinski definition) is 0. The number of hydrogen-bond acceptors (Lipinski definition) is 4. The molecule has 0 radical (unpaired) electrons. The van der Waals surface area contributed by atoms with Gasteiger partial charge in [-0.2, -0.15) is 0 Å². The fourth-order valence-electron chi connectivity index (χ4n) is 2.81. The van der Waals surface area contributed by atoms with Crippen LogP contribution in [0, 0.1) is 0 Å². The molecule has 0 spiro atoms. The van der Waals surface area contributed by atoms with Crippen LogP contribution in [0.3, 0.4) is 0 Å². The molecule has 1 amide bonds. The van der Waals surface area contributed by atoms with E-state index in [0.717, 1.165) is 5.69 Å². The molecule has 0 aliphatic carbocycles. The maximum atomic E-state index is 12.3. The Bertz CT molecular complexity index is 852. The zero-order valence-corrected chi connectivity index (χ0v) is 16.6. The van der Waals surface area contributed by atoms with Crippen LogP contribution in [0.25, 0.3) is 0 Å². The Balaban J connectivity index is 1.49. The van der Waals surface area contributed by atoms with Crippen LogP contribution >= 0.6 is 34.8 Å². The van der Waals surface area contributed by atoms with Gasteiger partial charge in [-0.25, -0.2) is 4.79 Å². The van der Waals surface area contributed by atoms with E-state index in [1.165, 1.54) is 18.2 Å². The molecule has 1 fully saturated rings. The molecule has 3 rings (SSSR count). The predicted molar refractivity (Wildman–Crippen MR) is 107 cm³/mol. The van der Waals surface area contributed by atoms with Crippen molar-refractivity contribution in [1.82, 2.24) is 4.90 Å². The van der Waals surface area contributed by atoms with Gasteiger partial charge in [0.2, 0.25) is 0 Å². The van der Waals surface area contributed by atoms with E-state index in [1.807, 2.05) is 24.3 Å². The zero-order chi connectivity index (χ0) is 19.4. The highest BCUT2D eigenvalue weighted by molar-refractivity contribution is 6.42. The van der Waals surface area contributed by atoms with E-state index in [1.54, 1.807) is 4.90 Å². The number of ether oxygens (including phenoxy) is 1. The Kier molecular flexibility index (Phi) is 6.47. The third-order valence-electron chi connectivity index (χ3n) is 4.29. The average molecular weight is 428 g/mol. The maximum Gasteiger partial charge on any atom is 0.338 e. The van der Waals surface area contributed by atoms with Gasteiger partial charge in [-0.1, -0.05) is 40.9 Å². The number of carbonyl (C=O) groups excluding carboxylic acids is 2. The van der Waals surface area contributed by atoms with E-state index >= 15 is 0 Å². The second-order valence-corrected chi connectivity index (χ2v) is 7.30. The second-order valence-electron chi connectivity index (χ2n) is 6.05. The van der Waals surface area contributed by atoms with Gasteiger partial charge >= 0.3 is 5.97 Å². The topological polar surface area (TPSA) is 49.9 Å². The van der Waals surface area contributed by atoms with Gasteiger partial charge < -0.3 is 14.5 Å². The minimum Gasteiger partial charge on any atom is -0.452 e. The SMILES string of the molecule is O=C(OCC(=O)N1CCN(c2cccc(Cl)c2)CC1)c1ccc(Cl)c(Cl)c1. The number of carbonyl (C=O) groups is 2. The number of halogens is 3. The highest BCUT2D eigenvalue weighted by Crippen LogP contribution is 2.23. The smallest absolute Gasteiger partial charge is 0.338 e. The number of piperazine rings is 1. The molecule has 27 heavy (non-hydrogen) atoms. The monoisotopic (exact) mass is 426 g/mol. The first kappa shape index (κ1) is 19.8. The van der Waals surface area contributed by atoms with Crippen molar-refractivity contribution >= 4 is 52.4 Å². The van der Waals surface area contributed by atoms with Gasteiger partial charge in [0.1, 0.15) is 0 Å². The van der Waals surface area contributed by atoms with E-state index in [9.17, 15) is 9.59 Å². The van der Waals surface area contributed by atoms with Crippen LogP contribution in [-0.2, 0) is 9.53 Å². The average Bonchev–Trinajstić information content (AvgIpc) is 2.68. The normalized spacial score (nSPS) is 14.2. The summed E-state index contributed by atoms with van der Waals surface area (Å²) in [5.74, 6) is -0.839. The van der Waals surface area contributed by atoms with Gasteiger partial charge in [-0.05, 0) is 36.4 Å². The summed E-state index contributed by atoms with van der Waals surface area (Å²) < 4.78 is 5.10.